The fourth-order valence-corrected chi connectivity index (χ4v) is 7.35. The summed E-state index contributed by atoms with van der Waals surface area (Å²) in [6, 6.07) is -0.569. The lowest BCUT2D eigenvalue weighted by Gasteiger charge is -2.35. The Morgan fingerprint density at radius 3 is 2.56 bits per heavy atom. The molecule has 3 N–H and O–H groups in total. The summed E-state index contributed by atoms with van der Waals surface area (Å²) in [7, 11) is 1.58. The lowest BCUT2D eigenvalue weighted by molar-refractivity contribution is -0.142. The van der Waals surface area contributed by atoms with Gasteiger partial charge in [-0.05, 0) is 32.1 Å². The van der Waals surface area contributed by atoms with E-state index in [4.69, 9.17) is 9.84 Å². The predicted octanol–water partition coefficient (Wildman–Crippen LogP) is 1.48. The summed E-state index contributed by atoms with van der Waals surface area (Å²) in [6.07, 6.45) is 8.75. The van der Waals surface area contributed by atoms with E-state index >= 15 is 0 Å². The van der Waals surface area contributed by atoms with Gasteiger partial charge in [-0.25, -0.2) is 0 Å². The molecule has 32 heavy (non-hydrogen) atoms. The van der Waals surface area contributed by atoms with Crippen molar-refractivity contribution in [3.8, 4) is 0 Å². The molecule has 3 aliphatic heterocycles. The van der Waals surface area contributed by atoms with E-state index in [1.165, 1.54) is 6.42 Å². The van der Waals surface area contributed by atoms with Crippen molar-refractivity contribution in [2.24, 2.45) is 11.8 Å². The molecule has 4 fully saturated rings. The van der Waals surface area contributed by atoms with Crippen molar-refractivity contribution in [3.63, 3.8) is 0 Å². The van der Waals surface area contributed by atoms with Gasteiger partial charge in [-0.15, -0.1) is 0 Å². The Hall–Kier alpha value is -1.19. The minimum absolute atomic E-state index is 0.0664. The van der Waals surface area contributed by atoms with E-state index in [0.29, 0.717) is 13.0 Å². The first kappa shape index (κ1) is 24.0. The standard InChI is InChI=1S/C23H36BrN3O5/c1-25-20(29)16-17-22(31)27(11-7-2-3-8-12-28)19(23(17)13-15(24)18(16)32-23)21(30)26-14-9-5-4-6-10-14/h14-19,28H,2-13H2,1H3,(H,25,29)(H,26,30)/t15?,16-,17+,18-,19?,23?/m1/s1. The molecule has 1 aliphatic carbocycles. The van der Waals surface area contributed by atoms with Crippen molar-refractivity contribution in [2.75, 3.05) is 20.2 Å². The maximum atomic E-state index is 13.7. The van der Waals surface area contributed by atoms with E-state index in [-0.39, 0.29) is 35.2 Å². The van der Waals surface area contributed by atoms with Crippen LogP contribution in [0.2, 0.25) is 0 Å². The molecule has 8 nitrogen and oxygen atoms in total. The highest BCUT2D eigenvalue weighted by molar-refractivity contribution is 9.09. The van der Waals surface area contributed by atoms with Crippen molar-refractivity contribution in [2.45, 2.75) is 92.8 Å². The lowest BCUT2D eigenvalue weighted by Crippen LogP contribution is -2.57. The maximum absolute atomic E-state index is 13.7. The van der Waals surface area contributed by atoms with Crippen LogP contribution in [-0.2, 0) is 19.1 Å². The van der Waals surface area contributed by atoms with Crippen LogP contribution < -0.4 is 10.6 Å². The third kappa shape index (κ3) is 4.09. The Kier molecular flexibility index (Phi) is 7.46. The van der Waals surface area contributed by atoms with Gasteiger partial charge in [0.2, 0.25) is 17.7 Å². The molecule has 4 rings (SSSR count). The Balaban J connectivity index is 1.59. The first-order chi connectivity index (χ1) is 15.4. The van der Waals surface area contributed by atoms with Crippen LogP contribution in [0.4, 0.5) is 0 Å². The number of alkyl halides is 1. The molecule has 1 spiro atoms. The van der Waals surface area contributed by atoms with Crippen LogP contribution in [0.25, 0.3) is 0 Å². The number of halogens is 1. The van der Waals surface area contributed by atoms with Gasteiger partial charge in [0.15, 0.2) is 0 Å². The first-order valence-corrected chi connectivity index (χ1v) is 13.1. The first-order valence-electron chi connectivity index (χ1n) is 12.2. The van der Waals surface area contributed by atoms with E-state index in [1.807, 2.05) is 0 Å². The average molecular weight is 514 g/mol. The summed E-state index contributed by atoms with van der Waals surface area (Å²) in [6.45, 7) is 0.628. The van der Waals surface area contributed by atoms with Crippen molar-refractivity contribution in [1.82, 2.24) is 15.5 Å². The summed E-state index contributed by atoms with van der Waals surface area (Å²) in [5.41, 5.74) is -0.961. The third-order valence-corrected chi connectivity index (χ3v) is 8.69. The van der Waals surface area contributed by atoms with Crippen LogP contribution in [0.3, 0.4) is 0 Å². The number of nitrogens with zero attached hydrogens (tertiary/aromatic N) is 1. The smallest absolute Gasteiger partial charge is 0.246 e. The molecule has 6 atom stereocenters. The fraction of sp³-hybridized carbons (Fsp3) is 0.870. The Morgan fingerprint density at radius 1 is 1.16 bits per heavy atom. The zero-order valence-corrected chi connectivity index (χ0v) is 20.4. The van der Waals surface area contributed by atoms with Gasteiger partial charge in [-0.1, -0.05) is 48.0 Å². The molecule has 3 amide bonds. The van der Waals surface area contributed by atoms with E-state index < -0.39 is 29.6 Å². The molecular formula is C23H36BrN3O5. The highest BCUT2D eigenvalue weighted by atomic mass is 79.9. The summed E-state index contributed by atoms with van der Waals surface area (Å²) in [5.74, 6) is -1.68. The Morgan fingerprint density at radius 2 is 1.88 bits per heavy atom. The number of fused-ring (bicyclic) bond motifs is 1. The molecule has 0 radical (unpaired) electrons. The third-order valence-electron chi connectivity index (χ3n) is 7.85. The quantitative estimate of drug-likeness (QED) is 0.319. The van der Waals surface area contributed by atoms with Crippen molar-refractivity contribution < 1.29 is 24.2 Å². The summed E-state index contributed by atoms with van der Waals surface area (Å²) in [4.78, 5) is 41.7. The van der Waals surface area contributed by atoms with Crippen molar-refractivity contribution >= 4 is 33.7 Å². The molecule has 0 aromatic heterocycles. The monoisotopic (exact) mass is 513 g/mol. The number of hydrogen-bond acceptors (Lipinski definition) is 5. The van der Waals surface area contributed by atoms with Gasteiger partial charge in [0.25, 0.3) is 0 Å². The molecule has 0 aromatic carbocycles. The van der Waals surface area contributed by atoms with Crippen LogP contribution >= 0.6 is 15.9 Å². The second kappa shape index (κ2) is 9.97. The summed E-state index contributed by atoms with van der Waals surface area (Å²) >= 11 is 3.67. The van der Waals surface area contributed by atoms with E-state index in [9.17, 15) is 14.4 Å². The number of unbranched alkanes of at least 4 members (excludes halogenated alkanes) is 3. The van der Waals surface area contributed by atoms with Gasteiger partial charge in [-0.2, -0.15) is 0 Å². The number of rotatable bonds is 9. The van der Waals surface area contributed by atoms with E-state index in [2.05, 4.69) is 26.6 Å². The van der Waals surface area contributed by atoms with Crippen LogP contribution in [0.1, 0.15) is 64.2 Å². The minimum Gasteiger partial charge on any atom is -0.396 e. The molecule has 4 aliphatic rings. The number of nitrogens with one attached hydrogen (secondary N) is 2. The fourth-order valence-electron chi connectivity index (χ4n) is 6.41. The van der Waals surface area contributed by atoms with Gasteiger partial charge < -0.3 is 25.4 Å². The maximum Gasteiger partial charge on any atom is 0.246 e. The second-order valence-corrected chi connectivity index (χ2v) is 11.0. The number of carbonyl (C=O) groups is 3. The minimum atomic E-state index is -0.961. The molecule has 2 bridgehead atoms. The normalized spacial score (nSPS) is 36.4. The van der Waals surface area contributed by atoms with Gasteiger partial charge in [0.1, 0.15) is 11.6 Å². The number of likely N-dealkylation sites (tertiary alicyclic amines) is 1. The van der Waals surface area contributed by atoms with Crippen molar-refractivity contribution in [3.05, 3.63) is 0 Å². The molecular weight excluding hydrogens is 478 g/mol. The molecule has 3 heterocycles. The van der Waals surface area contributed by atoms with E-state index in [1.54, 1.807) is 11.9 Å². The van der Waals surface area contributed by atoms with Crippen LogP contribution in [0.15, 0.2) is 0 Å². The van der Waals surface area contributed by atoms with Crippen molar-refractivity contribution in [1.29, 1.82) is 0 Å². The Labute approximate surface area is 198 Å². The number of amides is 3. The number of hydrogen-bond donors (Lipinski definition) is 3. The Bertz CT molecular complexity index is 730. The number of carbonyl (C=O) groups excluding carboxylic acids is 3. The largest absolute Gasteiger partial charge is 0.396 e. The average Bonchev–Trinajstić information content (AvgIpc) is 3.37. The van der Waals surface area contributed by atoms with Crippen LogP contribution in [-0.4, -0.2) is 76.5 Å². The molecule has 0 aromatic rings. The number of aliphatic hydroxyl groups is 1. The highest BCUT2D eigenvalue weighted by Crippen LogP contribution is 2.60. The molecule has 9 heteroatoms. The highest BCUT2D eigenvalue weighted by Gasteiger charge is 2.76. The second-order valence-electron chi connectivity index (χ2n) is 9.79. The van der Waals surface area contributed by atoms with Crippen LogP contribution in [0.5, 0.6) is 0 Å². The zero-order chi connectivity index (χ0) is 22.9. The predicted molar refractivity (Wildman–Crippen MR) is 122 cm³/mol. The van der Waals surface area contributed by atoms with Gasteiger partial charge in [0, 0.05) is 31.1 Å². The molecule has 3 unspecified atom stereocenters. The SMILES string of the molecule is CNC(=O)[C@H]1[C@@H]2OC3(CC2Br)C(C(=O)NC2CCCCC2)N(CCCCCCO)C(=O)[C@H]13. The van der Waals surface area contributed by atoms with E-state index in [0.717, 1.165) is 51.4 Å². The topological polar surface area (TPSA) is 108 Å². The molecule has 3 saturated heterocycles. The lowest BCUT2D eigenvalue weighted by atomic mass is 9.70. The summed E-state index contributed by atoms with van der Waals surface area (Å²) in [5, 5.41) is 14.9. The van der Waals surface area contributed by atoms with Crippen LogP contribution in [0, 0.1) is 11.8 Å². The zero-order valence-electron chi connectivity index (χ0n) is 18.9. The molecule has 180 valence electrons. The van der Waals surface area contributed by atoms with Gasteiger partial charge in [0.05, 0.1) is 17.9 Å². The van der Waals surface area contributed by atoms with Gasteiger partial charge >= 0.3 is 0 Å². The number of aliphatic hydroxyl groups excluding tert-OH is 1. The van der Waals surface area contributed by atoms with Gasteiger partial charge in [-0.3, -0.25) is 14.4 Å². The molecule has 1 saturated carbocycles. The number of ether oxygens (including phenoxy) is 1. The summed E-state index contributed by atoms with van der Waals surface area (Å²) < 4.78 is 6.44.